The molecule has 0 bridgehead atoms. The summed E-state index contributed by atoms with van der Waals surface area (Å²) in [5.41, 5.74) is 1.42. The van der Waals surface area contributed by atoms with Crippen LogP contribution in [-0.2, 0) is 6.54 Å². The second-order valence-electron chi connectivity index (χ2n) is 4.95. The molecule has 3 heteroatoms. The first-order valence-electron chi connectivity index (χ1n) is 6.30. The van der Waals surface area contributed by atoms with Crippen molar-refractivity contribution in [3.8, 4) is 0 Å². The molecular weight excluding hydrogens is 253 g/mol. The highest BCUT2D eigenvalue weighted by molar-refractivity contribution is 6.30. The van der Waals surface area contributed by atoms with E-state index in [1.165, 1.54) is 37.7 Å². The van der Waals surface area contributed by atoms with Crippen LogP contribution in [0.15, 0.2) is 24.3 Å². The summed E-state index contributed by atoms with van der Waals surface area (Å²) in [6, 6.07) is 8.01. The number of alkyl halides is 1. The van der Waals surface area contributed by atoms with Crippen LogP contribution in [0.1, 0.15) is 37.7 Å². The molecule has 0 unspecified atom stereocenters. The molecule has 0 heterocycles. The summed E-state index contributed by atoms with van der Waals surface area (Å²) in [6.45, 7) is 0.879. The molecule has 1 aliphatic rings. The summed E-state index contributed by atoms with van der Waals surface area (Å²) in [6.07, 6.45) is 6.33. The van der Waals surface area contributed by atoms with E-state index in [4.69, 9.17) is 23.2 Å². The largest absolute Gasteiger partial charge is 0.306 e. The third kappa shape index (κ3) is 3.61. The van der Waals surface area contributed by atoms with Crippen molar-refractivity contribution in [1.29, 1.82) is 0 Å². The van der Waals surface area contributed by atoms with Crippen LogP contribution in [0, 0.1) is 0 Å². The number of nitrogens with one attached hydrogen (secondary N) is 1. The molecule has 1 aromatic carbocycles. The van der Waals surface area contributed by atoms with Gasteiger partial charge in [-0.3, -0.25) is 0 Å². The molecule has 1 aliphatic carbocycles. The minimum absolute atomic E-state index is 0.152. The summed E-state index contributed by atoms with van der Waals surface area (Å²) in [7, 11) is 0. The van der Waals surface area contributed by atoms with E-state index >= 15 is 0 Å². The van der Waals surface area contributed by atoms with Crippen LogP contribution >= 0.6 is 23.2 Å². The summed E-state index contributed by atoms with van der Waals surface area (Å²) < 4.78 is 0. The fourth-order valence-corrected chi connectivity index (χ4v) is 2.97. The number of rotatable bonds is 4. The molecule has 0 radical (unpaired) electrons. The zero-order valence-electron chi connectivity index (χ0n) is 10.0. The predicted molar refractivity (Wildman–Crippen MR) is 74.8 cm³/mol. The molecule has 1 aromatic rings. The smallest absolute Gasteiger partial charge is 0.0406 e. The molecule has 0 atom stereocenters. The van der Waals surface area contributed by atoms with E-state index in [9.17, 15) is 0 Å². The molecule has 1 fully saturated rings. The lowest BCUT2D eigenvalue weighted by Gasteiger charge is -2.36. The van der Waals surface area contributed by atoms with Crippen molar-refractivity contribution < 1.29 is 0 Å². The third-order valence-electron chi connectivity index (χ3n) is 3.65. The lowest BCUT2D eigenvalue weighted by Crippen LogP contribution is -2.48. The van der Waals surface area contributed by atoms with Gasteiger partial charge in [0.2, 0.25) is 0 Å². The molecule has 17 heavy (non-hydrogen) atoms. The van der Waals surface area contributed by atoms with Gasteiger partial charge < -0.3 is 5.32 Å². The lowest BCUT2D eigenvalue weighted by atomic mass is 9.83. The molecule has 0 aliphatic heterocycles. The van der Waals surface area contributed by atoms with Gasteiger partial charge in [-0.2, -0.15) is 0 Å². The molecule has 1 saturated carbocycles. The van der Waals surface area contributed by atoms with Gasteiger partial charge in [-0.15, -0.1) is 11.6 Å². The van der Waals surface area contributed by atoms with Crippen LogP contribution in [0.5, 0.6) is 0 Å². The molecule has 0 amide bonds. The molecule has 0 spiro atoms. The summed E-state index contributed by atoms with van der Waals surface area (Å²) in [4.78, 5) is 0. The highest BCUT2D eigenvalue weighted by Crippen LogP contribution is 2.29. The second kappa shape index (κ2) is 6.08. The minimum Gasteiger partial charge on any atom is -0.306 e. The van der Waals surface area contributed by atoms with Gasteiger partial charge in [-0.25, -0.2) is 0 Å². The Morgan fingerprint density at radius 1 is 1.06 bits per heavy atom. The number of halogens is 2. The van der Waals surface area contributed by atoms with Crippen LogP contribution in [0.4, 0.5) is 0 Å². The number of hydrogen-bond donors (Lipinski definition) is 1. The van der Waals surface area contributed by atoms with Crippen molar-refractivity contribution in [2.45, 2.75) is 44.2 Å². The summed E-state index contributed by atoms with van der Waals surface area (Å²) >= 11 is 12.0. The number of benzene rings is 1. The van der Waals surface area contributed by atoms with Gasteiger partial charge in [0.25, 0.3) is 0 Å². The molecular formula is C14H19Cl2N. The van der Waals surface area contributed by atoms with Gasteiger partial charge in [0, 0.05) is 23.0 Å². The Hall–Kier alpha value is -0.240. The Kier molecular flexibility index (Phi) is 4.72. The Labute approximate surface area is 114 Å². The average molecular weight is 272 g/mol. The minimum atomic E-state index is 0.152. The Morgan fingerprint density at radius 2 is 1.71 bits per heavy atom. The normalized spacial score (nSPS) is 19.2. The third-order valence-corrected chi connectivity index (χ3v) is 4.41. The zero-order valence-corrected chi connectivity index (χ0v) is 11.5. The van der Waals surface area contributed by atoms with Gasteiger partial charge in [0.1, 0.15) is 0 Å². The zero-order chi connectivity index (χ0) is 12.1. The highest BCUT2D eigenvalue weighted by Gasteiger charge is 2.30. The van der Waals surface area contributed by atoms with Crippen molar-refractivity contribution in [2.24, 2.45) is 0 Å². The number of hydrogen-bond acceptors (Lipinski definition) is 1. The van der Waals surface area contributed by atoms with E-state index < -0.39 is 0 Å². The lowest BCUT2D eigenvalue weighted by molar-refractivity contribution is 0.256. The van der Waals surface area contributed by atoms with Crippen LogP contribution in [-0.4, -0.2) is 11.4 Å². The summed E-state index contributed by atoms with van der Waals surface area (Å²) in [5.74, 6) is 0.709. The maximum Gasteiger partial charge on any atom is 0.0406 e. The van der Waals surface area contributed by atoms with Gasteiger partial charge in [0.15, 0.2) is 0 Å². The Bertz CT molecular complexity index is 342. The first-order chi connectivity index (χ1) is 8.24. The quantitative estimate of drug-likeness (QED) is 0.802. The van der Waals surface area contributed by atoms with Crippen LogP contribution in [0.2, 0.25) is 5.02 Å². The SMILES string of the molecule is ClCC1(NCc2ccc(Cl)cc2)CCCCC1. The summed E-state index contributed by atoms with van der Waals surface area (Å²) in [5, 5.41) is 4.44. The Balaban J connectivity index is 1.93. The first-order valence-corrected chi connectivity index (χ1v) is 7.21. The van der Waals surface area contributed by atoms with E-state index in [-0.39, 0.29) is 5.54 Å². The van der Waals surface area contributed by atoms with Crippen molar-refractivity contribution >= 4 is 23.2 Å². The molecule has 0 aromatic heterocycles. The Morgan fingerprint density at radius 3 is 2.29 bits per heavy atom. The van der Waals surface area contributed by atoms with Crippen LogP contribution in [0.25, 0.3) is 0 Å². The van der Waals surface area contributed by atoms with E-state index in [1.807, 2.05) is 12.1 Å². The second-order valence-corrected chi connectivity index (χ2v) is 5.66. The van der Waals surface area contributed by atoms with E-state index in [1.54, 1.807) is 0 Å². The van der Waals surface area contributed by atoms with E-state index in [0.717, 1.165) is 11.6 Å². The first kappa shape index (κ1) is 13.2. The average Bonchev–Trinajstić information content (AvgIpc) is 2.39. The molecule has 0 saturated heterocycles. The molecule has 1 nitrogen and oxygen atoms in total. The molecule has 2 rings (SSSR count). The van der Waals surface area contributed by atoms with Gasteiger partial charge >= 0.3 is 0 Å². The van der Waals surface area contributed by atoms with Crippen molar-refractivity contribution in [2.75, 3.05) is 5.88 Å². The van der Waals surface area contributed by atoms with Crippen molar-refractivity contribution in [3.05, 3.63) is 34.9 Å². The maximum atomic E-state index is 6.14. The monoisotopic (exact) mass is 271 g/mol. The fourth-order valence-electron chi connectivity index (χ4n) is 2.48. The predicted octanol–water partition coefficient (Wildman–Crippen LogP) is 4.37. The maximum absolute atomic E-state index is 6.14. The van der Waals surface area contributed by atoms with E-state index in [0.29, 0.717) is 5.88 Å². The molecule has 1 N–H and O–H groups in total. The highest BCUT2D eigenvalue weighted by atomic mass is 35.5. The molecule has 94 valence electrons. The van der Waals surface area contributed by atoms with Crippen LogP contribution < -0.4 is 5.32 Å². The van der Waals surface area contributed by atoms with Gasteiger partial charge in [-0.05, 0) is 30.5 Å². The standard InChI is InChI=1S/C14H19Cl2N/c15-11-14(8-2-1-3-9-14)17-10-12-4-6-13(16)7-5-12/h4-7,17H,1-3,8-11H2. The fraction of sp³-hybridized carbons (Fsp3) is 0.571. The van der Waals surface area contributed by atoms with Crippen molar-refractivity contribution in [3.63, 3.8) is 0 Å². The van der Waals surface area contributed by atoms with Gasteiger partial charge in [-0.1, -0.05) is 43.0 Å². The van der Waals surface area contributed by atoms with E-state index in [2.05, 4.69) is 17.4 Å². The topological polar surface area (TPSA) is 12.0 Å². The van der Waals surface area contributed by atoms with Gasteiger partial charge in [0.05, 0.1) is 0 Å². The van der Waals surface area contributed by atoms with Crippen molar-refractivity contribution in [1.82, 2.24) is 5.32 Å². The van der Waals surface area contributed by atoms with Crippen LogP contribution in [0.3, 0.4) is 0 Å².